The maximum Gasteiger partial charge on any atom is 0.253 e. The smallest absolute Gasteiger partial charge is 0.253 e. The van der Waals surface area contributed by atoms with E-state index in [-0.39, 0.29) is 11.7 Å². The Bertz CT molecular complexity index is 654. The number of hydrogen-bond acceptors (Lipinski definition) is 3. The van der Waals surface area contributed by atoms with Crippen LogP contribution >= 0.6 is 0 Å². The molecule has 2 aromatic rings. The highest BCUT2D eigenvalue weighted by Gasteiger charge is 2.24. The summed E-state index contributed by atoms with van der Waals surface area (Å²) in [6.45, 7) is 2.25. The highest BCUT2D eigenvalue weighted by atomic mass is 16.5. The number of nitrogens with zero attached hydrogens (tertiary/aromatic N) is 1. The van der Waals surface area contributed by atoms with Crippen molar-refractivity contribution in [3.8, 4) is 11.5 Å². The first-order chi connectivity index (χ1) is 11.7. The minimum Gasteiger partial charge on any atom is -0.508 e. The molecule has 0 aliphatic carbocycles. The zero-order valence-electron chi connectivity index (χ0n) is 13.7. The van der Waals surface area contributed by atoms with Gasteiger partial charge in [0.25, 0.3) is 5.91 Å². The van der Waals surface area contributed by atoms with Gasteiger partial charge in [-0.1, -0.05) is 18.2 Å². The predicted octanol–water partition coefficient (Wildman–Crippen LogP) is 3.71. The molecule has 1 fully saturated rings. The summed E-state index contributed by atoms with van der Waals surface area (Å²) in [5.74, 6) is 1.60. The van der Waals surface area contributed by atoms with E-state index in [2.05, 4.69) is 0 Å². The minimum absolute atomic E-state index is 0.0451. The number of ether oxygens (including phenoxy) is 1. The first-order valence-corrected chi connectivity index (χ1v) is 8.48. The molecule has 1 N–H and O–H groups in total. The summed E-state index contributed by atoms with van der Waals surface area (Å²) < 4.78 is 5.77. The Morgan fingerprint density at radius 1 is 1.12 bits per heavy atom. The number of para-hydroxylation sites is 1. The third-order valence-electron chi connectivity index (χ3n) is 4.46. The van der Waals surface area contributed by atoms with Gasteiger partial charge in [0.2, 0.25) is 0 Å². The van der Waals surface area contributed by atoms with Crippen LogP contribution in [0.15, 0.2) is 54.6 Å². The lowest BCUT2D eigenvalue weighted by Gasteiger charge is -2.33. The molecular weight excluding hydrogens is 302 g/mol. The molecule has 2 aromatic carbocycles. The molecule has 1 amide bonds. The largest absolute Gasteiger partial charge is 0.508 e. The number of phenolic OH excluding ortho intramolecular Hbond substituents is 1. The van der Waals surface area contributed by atoms with Crippen molar-refractivity contribution in [2.75, 3.05) is 19.7 Å². The van der Waals surface area contributed by atoms with Gasteiger partial charge in [-0.2, -0.15) is 0 Å². The molecule has 1 saturated heterocycles. The Morgan fingerprint density at radius 3 is 2.62 bits per heavy atom. The number of piperidine rings is 1. The molecule has 1 unspecified atom stereocenters. The van der Waals surface area contributed by atoms with Crippen molar-refractivity contribution >= 4 is 5.91 Å². The lowest BCUT2D eigenvalue weighted by Crippen LogP contribution is -2.40. The average molecular weight is 325 g/mol. The third kappa shape index (κ3) is 4.28. The molecule has 1 heterocycles. The Balaban J connectivity index is 1.50. The van der Waals surface area contributed by atoms with Gasteiger partial charge in [0.1, 0.15) is 11.5 Å². The quantitative estimate of drug-likeness (QED) is 0.911. The van der Waals surface area contributed by atoms with Crippen LogP contribution in [0.2, 0.25) is 0 Å². The Labute approximate surface area is 142 Å². The van der Waals surface area contributed by atoms with Crippen molar-refractivity contribution in [3.05, 3.63) is 60.2 Å². The third-order valence-corrected chi connectivity index (χ3v) is 4.46. The molecule has 1 aliphatic heterocycles. The van der Waals surface area contributed by atoms with E-state index in [1.807, 2.05) is 35.2 Å². The topological polar surface area (TPSA) is 49.8 Å². The van der Waals surface area contributed by atoms with Gasteiger partial charge in [-0.05, 0) is 61.6 Å². The summed E-state index contributed by atoms with van der Waals surface area (Å²) in [6, 6.07) is 16.3. The summed E-state index contributed by atoms with van der Waals surface area (Å²) in [5, 5.41) is 9.34. The van der Waals surface area contributed by atoms with Crippen LogP contribution in [0.1, 0.15) is 29.6 Å². The minimum atomic E-state index is 0.0451. The van der Waals surface area contributed by atoms with Crippen molar-refractivity contribution < 1.29 is 14.6 Å². The van der Waals surface area contributed by atoms with Crippen LogP contribution in [0.3, 0.4) is 0 Å². The van der Waals surface area contributed by atoms with E-state index >= 15 is 0 Å². The highest BCUT2D eigenvalue weighted by Crippen LogP contribution is 2.22. The van der Waals surface area contributed by atoms with E-state index in [0.717, 1.165) is 38.1 Å². The SMILES string of the molecule is O=C(c1ccc(O)cc1)N1CCCC(CCOc2ccccc2)C1. The van der Waals surface area contributed by atoms with E-state index in [4.69, 9.17) is 4.74 Å². The second-order valence-corrected chi connectivity index (χ2v) is 6.26. The molecule has 4 heteroatoms. The molecule has 0 saturated carbocycles. The van der Waals surface area contributed by atoms with Gasteiger partial charge in [0, 0.05) is 18.7 Å². The number of benzene rings is 2. The van der Waals surface area contributed by atoms with Gasteiger partial charge in [-0.15, -0.1) is 0 Å². The van der Waals surface area contributed by atoms with Crippen LogP contribution in [0.4, 0.5) is 0 Å². The summed E-state index contributed by atoms with van der Waals surface area (Å²) in [7, 11) is 0. The summed E-state index contributed by atoms with van der Waals surface area (Å²) >= 11 is 0. The molecule has 126 valence electrons. The molecule has 0 aromatic heterocycles. The molecule has 1 atom stereocenters. The number of likely N-dealkylation sites (tertiary alicyclic amines) is 1. The molecule has 3 rings (SSSR count). The fraction of sp³-hybridized carbons (Fsp3) is 0.350. The lowest BCUT2D eigenvalue weighted by atomic mass is 9.94. The summed E-state index contributed by atoms with van der Waals surface area (Å²) in [6.07, 6.45) is 3.12. The van der Waals surface area contributed by atoms with Gasteiger partial charge >= 0.3 is 0 Å². The summed E-state index contributed by atoms with van der Waals surface area (Å²) in [5.41, 5.74) is 0.633. The van der Waals surface area contributed by atoms with E-state index in [1.165, 1.54) is 0 Å². The number of carbonyl (C=O) groups excluding carboxylic acids is 1. The normalized spacial score (nSPS) is 17.5. The van der Waals surface area contributed by atoms with Gasteiger partial charge in [0.05, 0.1) is 6.61 Å². The molecule has 0 radical (unpaired) electrons. The number of amides is 1. The average Bonchev–Trinajstić information content (AvgIpc) is 2.63. The lowest BCUT2D eigenvalue weighted by molar-refractivity contribution is 0.0657. The number of rotatable bonds is 5. The first kappa shape index (κ1) is 16.4. The maximum absolute atomic E-state index is 12.6. The van der Waals surface area contributed by atoms with Gasteiger partial charge in [-0.25, -0.2) is 0 Å². The zero-order valence-corrected chi connectivity index (χ0v) is 13.7. The van der Waals surface area contributed by atoms with Crippen molar-refractivity contribution in [1.82, 2.24) is 4.90 Å². The van der Waals surface area contributed by atoms with Crippen molar-refractivity contribution in [2.24, 2.45) is 5.92 Å². The van der Waals surface area contributed by atoms with Crippen LogP contribution in [0, 0.1) is 5.92 Å². The molecule has 1 aliphatic rings. The van der Waals surface area contributed by atoms with E-state index in [1.54, 1.807) is 24.3 Å². The van der Waals surface area contributed by atoms with Crippen LogP contribution < -0.4 is 4.74 Å². The van der Waals surface area contributed by atoms with Crippen LogP contribution in [0.25, 0.3) is 0 Å². The van der Waals surface area contributed by atoms with Crippen LogP contribution in [0.5, 0.6) is 11.5 Å². The van der Waals surface area contributed by atoms with Crippen LogP contribution in [-0.4, -0.2) is 35.6 Å². The molecular formula is C20H23NO3. The molecule has 0 bridgehead atoms. The van der Waals surface area contributed by atoms with Gasteiger partial charge in [-0.3, -0.25) is 4.79 Å². The maximum atomic E-state index is 12.6. The second-order valence-electron chi connectivity index (χ2n) is 6.26. The predicted molar refractivity (Wildman–Crippen MR) is 93.3 cm³/mol. The second kappa shape index (κ2) is 7.86. The van der Waals surface area contributed by atoms with E-state index < -0.39 is 0 Å². The zero-order chi connectivity index (χ0) is 16.8. The van der Waals surface area contributed by atoms with Gasteiger partial charge < -0.3 is 14.7 Å². The molecule has 4 nitrogen and oxygen atoms in total. The van der Waals surface area contributed by atoms with Crippen molar-refractivity contribution in [1.29, 1.82) is 0 Å². The molecule has 0 spiro atoms. The van der Waals surface area contributed by atoms with Crippen molar-refractivity contribution in [2.45, 2.75) is 19.3 Å². The Morgan fingerprint density at radius 2 is 1.88 bits per heavy atom. The Hall–Kier alpha value is -2.49. The van der Waals surface area contributed by atoms with E-state index in [9.17, 15) is 9.90 Å². The fourth-order valence-corrected chi connectivity index (χ4v) is 3.13. The summed E-state index contributed by atoms with van der Waals surface area (Å²) in [4.78, 5) is 14.5. The number of carbonyl (C=O) groups is 1. The van der Waals surface area contributed by atoms with Gasteiger partial charge in [0.15, 0.2) is 0 Å². The number of aromatic hydroxyl groups is 1. The fourth-order valence-electron chi connectivity index (χ4n) is 3.13. The first-order valence-electron chi connectivity index (χ1n) is 8.48. The molecule has 24 heavy (non-hydrogen) atoms. The highest BCUT2D eigenvalue weighted by molar-refractivity contribution is 5.94. The number of phenols is 1. The monoisotopic (exact) mass is 325 g/mol. The Kier molecular flexibility index (Phi) is 5.36. The van der Waals surface area contributed by atoms with E-state index in [0.29, 0.717) is 18.1 Å². The standard InChI is InChI=1S/C20H23NO3/c22-18-10-8-17(9-11-18)20(23)21-13-4-5-16(15-21)12-14-24-19-6-2-1-3-7-19/h1-3,6-11,16,22H,4-5,12-15H2. The van der Waals surface area contributed by atoms with Crippen molar-refractivity contribution in [3.63, 3.8) is 0 Å². The van der Waals surface area contributed by atoms with Crippen LogP contribution in [-0.2, 0) is 0 Å². The number of hydrogen-bond donors (Lipinski definition) is 1.